The van der Waals surface area contributed by atoms with Crippen LogP contribution in [0.2, 0.25) is 25.2 Å². The number of hydrogen-bond donors (Lipinski definition) is 0. The molecule has 0 aromatic heterocycles. The molecule has 3 rings (SSSR count). The van der Waals surface area contributed by atoms with E-state index < -0.39 is 8.07 Å². The fraction of sp³-hybridized carbons (Fsp3) is 0.913. The summed E-state index contributed by atoms with van der Waals surface area (Å²) in [5.41, 5.74) is 1.69. The number of allylic oxidation sites excluding steroid dienone is 1. The highest BCUT2D eigenvalue weighted by atomic mass is 28.3. The monoisotopic (exact) mass is 346 g/mol. The molecule has 3 saturated carbocycles. The summed E-state index contributed by atoms with van der Waals surface area (Å²) in [6.45, 7) is 14.7. The minimum absolute atomic E-state index is 0.597. The zero-order valence-electron chi connectivity index (χ0n) is 16.9. The van der Waals surface area contributed by atoms with Crippen molar-refractivity contribution in [3.8, 4) is 0 Å². The zero-order chi connectivity index (χ0) is 17.4. The summed E-state index contributed by atoms with van der Waals surface area (Å²) in [5.74, 6) is 4.17. The van der Waals surface area contributed by atoms with E-state index in [0.29, 0.717) is 5.41 Å². The lowest BCUT2D eigenvalue weighted by Gasteiger charge is -2.46. The molecule has 3 aliphatic carbocycles. The van der Waals surface area contributed by atoms with Gasteiger partial charge in [0, 0.05) is 8.07 Å². The summed E-state index contributed by atoms with van der Waals surface area (Å²) in [5, 5.41) is 0. The molecule has 0 saturated heterocycles. The van der Waals surface area contributed by atoms with E-state index in [0.717, 1.165) is 29.2 Å². The molecule has 3 fully saturated rings. The van der Waals surface area contributed by atoms with Crippen LogP contribution in [-0.4, -0.2) is 8.07 Å². The van der Waals surface area contributed by atoms with Crippen LogP contribution in [0, 0.1) is 29.1 Å². The predicted molar refractivity (Wildman–Crippen MR) is 110 cm³/mol. The van der Waals surface area contributed by atoms with Gasteiger partial charge in [-0.1, -0.05) is 64.7 Å². The molecule has 0 aromatic carbocycles. The third-order valence-corrected chi connectivity index (χ3v) is 11.4. The van der Waals surface area contributed by atoms with Gasteiger partial charge in [-0.05, 0) is 73.2 Å². The van der Waals surface area contributed by atoms with Crippen molar-refractivity contribution in [1.82, 2.24) is 0 Å². The molecule has 5 atom stereocenters. The van der Waals surface area contributed by atoms with E-state index in [-0.39, 0.29) is 0 Å². The van der Waals surface area contributed by atoms with Crippen LogP contribution in [0.15, 0.2) is 12.7 Å². The molecule has 1 heteroatoms. The van der Waals surface area contributed by atoms with E-state index in [2.05, 4.69) is 39.2 Å². The molecule has 3 aliphatic rings. The van der Waals surface area contributed by atoms with Gasteiger partial charge < -0.3 is 0 Å². The van der Waals surface area contributed by atoms with Crippen molar-refractivity contribution in [1.29, 1.82) is 0 Å². The quantitative estimate of drug-likeness (QED) is 0.341. The fourth-order valence-electron chi connectivity index (χ4n) is 7.26. The summed E-state index contributed by atoms with van der Waals surface area (Å²) in [6, 6.07) is 0. The van der Waals surface area contributed by atoms with Crippen LogP contribution in [0.5, 0.6) is 0 Å². The third kappa shape index (κ3) is 3.44. The van der Waals surface area contributed by atoms with Crippen molar-refractivity contribution in [3.05, 3.63) is 12.7 Å². The van der Waals surface area contributed by atoms with Crippen LogP contribution in [0.25, 0.3) is 0 Å². The van der Waals surface area contributed by atoms with E-state index in [4.69, 9.17) is 0 Å². The minimum atomic E-state index is -1.04. The lowest BCUT2D eigenvalue weighted by atomic mass is 9.59. The summed E-state index contributed by atoms with van der Waals surface area (Å²) < 4.78 is 0. The number of fused-ring (bicyclic) bond motifs is 1. The average molecular weight is 347 g/mol. The Balaban J connectivity index is 1.89. The zero-order valence-corrected chi connectivity index (χ0v) is 17.9. The van der Waals surface area contributed by atoms with E-state index in [1.165, 1.54) is 51.4 Å². The van der Waals surface area contributed by atoms with Gasteiger partial charge >= 0.3 is 0 Å². The van der Waals surface area contributed by atoms with Gasteiger partial charge in [-0.25, -0.2) is 0 Å². The SMILES string of the molecule is C=CCCC(C)(C1CCCC1)C1CC([Si](C)(C)C)C2CCCCC21. The van der Waals surface area contributed by atoms with Crippen molar-refractivity contribution in [3.63, 3.8) is 0 Å². The second-order valence-electron chi connectivity index (χ2n) is 10.7. The molecular weight excluding hydrogens is 304 g/mol. The van der Waals surface area contributed by atoms with Crippen molar-refractivity contribution in [2.75, 3.05) is 0 Å². The molecule has 0 radical (unpaired) electrons. The first-order valence-corrected chi connectivity index (χ1v) is 14.6. The predicted octanol–water partition coefficient (Wildman–Crippen LogP) is 7.68. The van der Waals surface area contributed by atoms with Gasteiger partial charge in [0.2, 0.25) is 0 Å². The average Bonchev–Trinajstić information content (AvgIpc) is 3.20. The van der Waals surface area contributed by atoms with Crippen molar-refractivity contribution in [2.45, 2.75) is 103 Å². The van der Waals surface area contributed by atoms with Crippen LogP contribution in [0.1, 0.15) is 77.6 Å². The normalized spacial score (nSPS) is 37.2. The molecule has 5 unspecified atom stereocenters. The summed E-state index contributed by atoms with van der Waals surface area (Å²) >= 11 is 0. The van der Waals surface area contributed by atoms with Crippen molar-refractivity contribution < 1.29 is 0 Å². The van der Waals surface area contributed by atoms with Crippen LogP contribution < -0.4 is 0 Å². The van der Waals surface area contributed by atoms with Crippen molar-refractivity contribution >= 4 is 8.07 Å². The molecule has 0 heterocycles. The topological polar surface area (TPSA) is 0 Å². The highest BCUT2D eigenvalue weighted by Crippen LogP contribution is 2.63. The van der Waals surface area contributed by atoms with E-state index in [1.807, 2.05) is 0 Å². The molecule has 0 aromatic rings. The summed E-state index contributed by atoms with van der Waals surface area (Å²) in [7, 11) is -1.04. The third-order valence-electron chi connectivity index (χ3n) is 8.55. The fourth-order valence-corrected chi connectivity index (χ4v) is 9.91. The minimum Gasteiger partial charge on any atom is -0.103 e. The Kier molecular flexibility index (Phi) is 5.69. The van der Waals surface area contributed by atoms with Crippen LogP contribution >= 0.6 is 0 Å². The largest absolute Gasteiger partial charge is 0.103 e. The smallest absolute Gasteiger partial charge is 0.0476 e. The lowest BCUT2D eigenvalue weighted by molar-refractivity contribution is 0.0373. The Morgan fingerprint density at radius 1 is 0.958 bits per heavy atom. The van der Waals surface area contributed by atoms with E-state index in [9.17, 15) is 0 Å². The van der Waals surface area contributed by atoms with E-state index >= 15 is 0 Å². The second kappa shape index (κ2) is 7.29. The van der Waals surface area contributed by atoms with Gasteiger partial charge in [0.05, 0.1) is 0 Å². The van der Waals surface area contributed by atoms with E-state index in [1.54, 1.807) is 19.3 Å². The van der Waals surface area contributed by atoms with Gasteiger partial charge in [-0.2, -0.15) is 0 Å². The van der Waals surface area contributed by atoms with Crippen LogP contribution in [0.3, 0.4) is 0 Å². The molecular formula is C23H42Si. The molecule has 24 heavy (non-hydrogen) atoms. The second-order valence-corrected chi connectivity index (χ2v) is 16.2. The number of rotatable bonds is 6. The molecule has 0 bridgehead atoms. The summed E-state index contributed by atoms with van der Waals surface area (Å²) in [4.78, 5) is 0. The van der Waals surface area contributed by atoms with Crippen LogP contribution in [-0.2, 0) is 0 Å². The highest BCUT2D eigenvalue weighted by Gasteiger charge is 2.55. The molecule has 0 amide bonds. The molecule has 0 spiro atoms. The Bertz CT molecular complexity index is 428. The van der Waals surface area contributed by atoms with Gasteiger partial charge in [-0.15, -0.1) is 6.58 Å². The Labute approximate surface area is 152 Å². The van der Waals surface area contributed by atoms with Crippen molar-refractivity contribution in [2.24, 2.45) is 29.1 Å². The Morgan fingerprint density at radius 3 is 2.12 bits per heavy atom. The Hall–Kier alpha value is -0.0431. The standard InChI is InChI=1S/C23H42Si/c1-6-7-16-23(2,18-12-8-9-13-18)21-17-22(24(3,4)5)20-15-11-10-14-19(20)21/h6,18-22H,1,7-17H2,2-5H3. The van der Waals surface area contributed by atoms with Gasteiger partial charge in [0.1, 0.15) is 0 Å². The maximum absolute atomic E-state index is 4.06. The molecule has 0 N–H and O–H groups in total. The first-order chi connectivity index (χ1) is 11.4. The van der Waals surface area contributed by atoms with Crippen LogP contribution in [0.4, 0.5) is 0 Å². The number of hydrogen-bond acceptors (Lipinski definition) is 0. The summed E-state index contributed by atoms with van der Waals surface area (Å²) in [6.07, 6.45) is 18.6. The molecule has 0 aliphatic heterocycles. The lowest BCUT2D eigenvalue weighted by Crippen LogP contribution is -2.38. The van der Waals surface area contributed by atoms with Gasteiger partial charge in [-0.3, -0.25) is 0 Å². The molecule has 138 valence electrons. The first-order valence-electron chi connectivity index (χ1n) is 11.0. The maximum Gasteiger partial charge on any atom is 0.0476 e. The first kappa shape index (κ1) is 18.7. The Morgan fingerprint density at radius 2 is 1.54 bits per heavy atom. The maximum atomic E-state index is 4.06. The molecule has 0 nitrogen and oxygen atoms in total. The van der Waals surface area contributed by atoms with Gasteiger partial charge in [0.15, 0.2) is 0 Å². The van der Waals surface area contributed by atoms with Gasteiger partial charge in [0.25, 0.3) is 0 Å². The highest BCUT2D eigenvalue weighted by molar-refractivity contribution is 6.77.